The molecule has 0 bridgehead atoms. The lowest BCUT2D eigenvalue weighted by Crippen LogP contribution is -2.26. The fourth-order valence-electron chi connectivity index (χ4n) is 1.96. The van der Waals surface area contributed by atoms with Gasteiger partial charge in [-0.05, 0) is 28.8 Å². The Labute approximate surface area is 110 Å². The first-order chi connectivity index (χ1) is 8.26. The van der Waals surface area contributed by atoms with E-state index in [1.807, 2.05) is 23.0 Å². The van der Waals surface area contributed by atoms with Crippen LogP contribution in [0.3, 0.4) is 0 Å². The van der Waals surface area contributed by atoms with E-state index in [-0.39, 0.29) is 0 Å². The van der Waals surface area contributed by atoms with Gasteiger partial charge >= 0.3 is 0 Å². The Kier molecular flexibility index (Phi) is 3.99. The van der Waals surface area contributed by atoms with Crippen molar-refractivity contribution in [3.63, 3.8) is 0 Å². The van der Waals surface area contributed by atoms with Crippen LogP contribution in [0.4, 0.5) is 5.82 Å². The molecule has 0 aromatic carbocycles. The number of hydrogen-bond donors (Lipinski definition) is 0. The molecule has 0 unspecified atom stereocenters. The fourth-order valence-corrected chi connectivity index (χ4v) is 2.35. The molecule has 4 nitrogen and oxygen atoms in total. The molecule has 2 aromatic rings. The molecule has 2 heterocycles. The predicted molar refractivity (Wildman–Crippen MR) is 73.5 cm³/mol. The summed E-state index contributed by atoms with van der Waals surface area (Å²) >= 11 is 3.45. The molecule has 0 spiro atoms. The first-order valence-electron chi connectivity index (χ1n) is 6.00. The molecule has 0 aliphatic heterocycles. The van der Waals surface area contributed by atoms with Gasteiger partial charge in [-0.1, -0.05) is 13.8 Å². The van der Waals surface area contributed by atoms with E-state index < -0.39 is 0 Å². The third-order valence-electron chi connectivity index (χ3n) is 2.61. The molecule has 0 N–H and O–H groups in total. The maximum Gasteiger partial charge on any atom is 0.180 e. The normalized spacial score (nSPS) is 11.0. The van der Waals surface area contributed by atoms with Crippen LogP contribution < -0.4 is 4.90 Å². The van der Waals surface area contributed by atoms with Crippen LogP contribution in [0.1, 0.15) is 26.7 Å². The molecule has 0 saturated heterocycles. The van der Waals surface area contributed by atoms with E-state index in [1.165, 1.54) is 0 Å². The molecule has 0 fully saturated rings. The van der Waals surface area contributed by atoms with Gasteiger partial charge in [0.25, 0.3) is 0 Å². The highest BCUT2D eigenvalue weighted by molar-refractivity contribution is 9.10. The van der Waals surface area contributed by atoms with Crippen LogP contribution in [0, 0.1) is 0 Å². The van der Waals surface area contributed by atoms with Gasteiger partial charge in [-0.2, -0.15) is 0 Å². The van der Waals surface area contributed by atoms with Gasteiger partial charge in [0.15, 0.2) is 11.5 Å². The summed E-state index contributed by atoms with van der Waals surface area (Å²) in [5, 5.41) is 0. The first kappa shape index (κ1) is 12.4. The largest absolute Gasteiger partial charge is 0.354 e. The van der Waals surface area contributed by atoms with Crippen LogP contribution in [0.2, 0.25) is 0 Å². The maximum atomic E-state index is 4.57. The maximum absolute atomic E-state index is 4.57. The quantitative estimate of drug-likeness (QED) is 0.850. The monoisotopic (exact) mass is 296 g/mol. The van der Waals surface area contributed by atoms with Gasteiger partial charge in [-0.3, -0.25) is 0 Å². The zero-order valence-corrected chi connectivity index (χ0v) is 11.8. The smallest absolute Gasteiger partial charge is 0.180 e. The predicted octanol–water partition coefficient (Wildman–Crippen LogP) is 3.12. The van der Waals surface area contributed by atoms with Gasteiger partial charge in [0.1, 0.15) is 4.60 Å². The topological polar surface area (TPSA) is 33.4 Å². The number of anilines is 1. The van der Waals surface area contributed by atoms with E-state index in [0.29, 0.717) is 0 Å². The van der Waals surface area contributed by atoms with Gasteiger partial charge in [-0.15, -0.1) is 0 Å². The number of rotatable bonds is 5. The Morgan fingerprint density at radius 2 is 2.00 bits per heavy atom. The van der Waals surface area contributed by atoms with Crippen LogP contribution in [-0.4, -0.2) is 27.5 Å². The Hall–Kier alpha value is -1.10. The molecule has 0 saturated carbocycles. The van der Waals surface area contributed by atoms with Crippen molar-refractivity contribution in [3.05, 3.63) is 23.2 Å². The van der Waals surface area contributed by atoms with Crippen molar-refractivity contribution in [1.82, 2.24) is 14.4 Å². The summed E-state index contributed by atoms with van der Waals surface area (Å²) in [4.78, 5) is 11.3. The number of nitrogens with zero attached hydrogens (tertiary/aromatic N) is 4. The lowest BCUT2D eigenvalue weighted by Gasteiger charge is -2.22. The first-order valence-corrected chi connectivity index (χ1v) is 6.79. The van der Waals surface area contributed by atoms with Crippen LogP contribution in [0.5, 0.6) is 0 Å². The van der Waals surface area contributed by atoms with Gasteiger partial charge in [0.05, 0.1) is 0 Å². The van der Waals surface area contributed by atoms with Crippen molar-refractivity contribution in [3.8, 4) is 0 Å². The molecule has 2 aromatic heterocycles. The van der Waals surface area contributed by atoms with Gasteiger partial charge < -0.3 is 9.30 Å². The van der Waals surface area contributed by atoms with E-state index in [4.69, 9.17) is 0 Å². The highest BCUT2D eigenvalue weighted by atomic mass is 79.9. The molecule has 0 radical (unpaired) electrons. The molecular weight excluding hydrogens is 280 g/mol. The molecule has 0 aliphatic carbocycles. The minimum absolute atomic E-state index is 0.843. The van der Waals surface area contributed by atoms with E-state index in [9.17, 15) is 0 Å². The zero-order valence-electron chi connectivity index (χ0n) is 10.2. The summed E-state index contributed by atoms with van der Waals surface area (Å²) in [6.07, 6.45) is 7.91. The van der Waals surface area contributed by atoms with Crippen molar-refractivity contribution in [2.75, 3.05) is 18.0 Å². The molecule has 5 heteroatoms. The van der Waals surface area contributed by atoms with Crippen molar-refractivity contribution >= 4 is 27.4 Å². The van der Waals surface area contributed by atoms with E-state index in [0.717, 1.165) is 42.0 Å². The second kappa shape index (κ2) is 5.49. The van der Waals surface area contributed by atoms with Crippen LogP contribution >= 0.6 is 15.9 Å². The SMILES string of the molecule is CCCN(CCC)c1nc(Br)cn2ccnc12. The minimum Gasteiger partial charge on any atom is -0.354 e. The molecular formula is C12H17BrN4. The van der Waals surface area contributed by atoms with Crippen molar-refractivity contribution in [2.45, 2.75) is 26.7 Å². The summed E-state index contributed by atoms with van der Waals surface area (Å²) in [6, 6.07) is 0. The molecule has 0 aliphatic rings. The fraction of sp³-hybridized carbons (Fsp3) is 0.500. The molecule has 0 amide bonds. The lowest BCUT2D eigenvalue weighted by atomic mass is 10.3. The summed E-state index contributed by atoms with van der Waals surface area (Å²) in [7, 11) is 0. The number of aromatic nitrogens is 3. The summed E-state index contributed by atoms with van der Waals surface area (Å²) < 4.78 is 2.85. The third-order valence-corrected chi connectivity index (χ3v) is 3.00. The highest BCUT2D eigenvalue weighted by Gasteiger charge is 2.13. The molecule has 92 valence electrons. The van der Waals surface area contributed by atoms with E-state index in [1.54, 1.807) is 0 Å². The number of hydrogen-bond acceptors (Lipinski definition) is 3. The Morgan fingerprint density at radius 1 is 1.29 bits per heavy atom. The van der Waals surface area contributed by atoms with Crippen LogP contribution in [0.15, 0.2) is 23.2 Å². The highest BCUT2D eigenvalue weighted by Crippen LogP contribution is 2.21. The second-order valence-corrected chi connectivity index (χ2v) is 4.84. The summed E-state index contributed by atoms with van der Waals surface area (Å²) in [5.41, 5.74) is 0.926. The third kappa shape index (κ3) is 2.60. The summed E-state index contributed by atoms with van der Waals surface area (Å²) in [5.74, 6) is 0.966. The number of imidazole rings is 1. The number of fused-ring (bicyclic) bond motifs is 1. The number of halogens is 1. The Bertz CT molecular complexity index is 488. The minimum atomic E-state index is 0.843. The average molecular weight is 297 g/mol. The van der Waals surface area contributed by atoms with E-state index >= 15 is 0 Å². The van der Waals surface area contributed by atoms with Crippen molar-refractivity contribution in [2.24, 2.45) is 0 Å². The zero-order chi connectivity index (χ0) is 12.3. The standard InChI is InChI=1S/C12H17BrN4/c1-3-6-16(7-4-2)12-11-14-5-8-17(11)9-10(13)15-12/h5,8-9H,3-4,6-7H2,1-2H3. The Morgan fingerprint density at radius 3 is 2.65 bits per heavy atom. The second-order valence-electron chi connectivity index (χ2n) is 4.03. The molecule has 0 atom stereocenters. The van der Waals surface area contributed by atoms with Crippen LogP contribution in [0.25, 0.3) is 5.65 Å². The average Bonchev–Trinajstić information content (AvgIpc) is 2.75. The van der Waals surface area contributed by atoms with Gasteiger partial charge in [0.2, 0.25) is 0 Å². The Balaban J connectivity index is 2.46. The summed E-state index contributed by atoms with van der Waals surface area (Å²) in [6.45, 7) is 6.40. The van der Waals surface area contributed by atoms with Gasteiger partial charge in [-0.25, -0.2) is 9.97 Å². The lowest BCUT2D eigenvalue weighted by molar-refractivity contribution is 0.732. The van der Waals surface area contributed by atoms with Gasteiger partial charge in [0, 0.05) is 31.7 Å². The van der Waals surface area contributed by atoms with E-state index in [2.05, 4.69) is 44.6 Å². The molecule has 2 rings (SSSR count). The van der Waals surface area contributed by atoms with Crippen LogP contribution in [-0.2, 0) is 0 Å². The molecule has 17 heavy (non-hydrogen) atoms. The van der Waals surface area contributed by atoms with Crippen molar-refractivity contribution in [1.29, 1.82) is 0 Å². The van der Waals surface area contributed by atoms with Crippen molar-refractivity contribution < 1.29 is 0 Å².